The van der Waals surface area contributed by atoms with E-state index in [0.717, 1.165) is 18.6 Å². The maximum atomic E-state index is 12.2. The number of ether oxygens (including phenoxy) is 1. The van der Waals surface area contributed by atoms with Crippen molar-refractivity contribution in [2.24, 2.45) is 21.8 Å². The van der Waals surface area contributed by atoms with Gasteiger partial charge in [0.25, 0.3) is 5.91 Å². The van der Waals surface area contributed by atoms with Gasteiger partial charge in [-0.15, -0.1) is 0 Å². The van der Waals surface area contributed by atoms with E-state index in [2.05, 4.69) is 36.0 Å². The van der Waals surface area contributed by atoms with Gasteiger partial charge in [-0.2, -0.15) is 5.10 Å². The molecule has 2 atom stereocenters. The molecule has 2 N–H and O–H groups in total. The Bertz CT molecular complexity index is 970. The lowest BCUT2D eigenvalue weighted by Crippen LogP contribution is -2.34. The van der Waals surface area contributed by atoms with Gasteiger partial charge in [0.15, 0.2) is 6.61 Å². The van der Waals surface area contributed by atoms with E-state index < -0.39 is 28.5 Å². The van der Waals surface area contributed by atoms with Crippen LogP contribution < -0.4 is 10.1 Å². The summed E-state index contributed by atoms with van der Waals surface area (Å²) in [5.41, 5.74) is 3.65. The average Bonchev–Trinajstić information content (AvgIpc) is 3.03. The van der Waals surface area contributed by atoms with E-state index in [-0.39, 0.29) is 21.3 Å². The topological polar surface area (TPSA) is 114 Å². The van der Waals surface area contributed by atoms with Gasteiger partial charge in [0.1, 0.15) is 0 Å². The Morgan fingerprint density at radius 3 is 2.59 bits per heavy atom. The van der Waals surface area contributed by atoms with Crippen LogP contribution in [0.2, 0.25) is 0 Å². The Balaban J connectivity index is 1.58. The molecule has 2 aliphatic carbocycles. The monoisotopic (exact) mass is 421 g/mol. The highest BCUT2D eigenvalue weighted by Crippen LogP contribution is 2.63. The summed E-state index contributed by atoms with van der Waals surface area (Å²) < 4.78 is 30.9. The number of carbonyl (C=O) groups is 2. The van der Waals surface area contributed by atoms with Crippen LogP contribution in [0.3, 0.4) is 0 Å². The van der Waals surface area contributed by atoms with Crippen molar-refractivity contribution in [2.75, 3.05) is 13.7 Å². The minimum absolute atomic E-state index is 0.0269. The normalized spacial score (nSPS) is 26.5. The molecule has 2 aliphatic rings. The summed E-state index contributed by atoms with van der Waals surface area (Å²) in [4.78, 5) is 24.2. The van der Waals surface area contributed by atoms with E-state index in [0.29, 0.717) is 5.92 Å². The molecule has 1 aromatic rings. The summed E-state index contributed by atoms with van der Waals surface area (Å²) >= 11 is 0. The van der Waals surface area contributed by atoms with Crippen molar-refractivity contribution in [3.05, 3.63) is 29.8 Å². The number of benzene rings is 1. The van der Waals surface area contributed by atoms with Gasteiger partial charge in [0.05, 0.1) is 10.5 Å². The molecule has 0 saturated heterocycles. The molecule has 0 heterocycles. The Kier molecular flexibility index (Phi) is 5.57. The van der Waals surface area contributed by atoms with Crippen LogP contribution in [0.15, 0.2) is 34.3 Å². The highest BCUT2D eigenvalue weighted by atomic mass is 32.2. The fraction of sp³-hybridized carbons (Fsp3) is 0.550. The molecule has 9 heteroatoms. The van der Waals surface area contributed by atoms with Crippen LogP contribution in [0, 0.1) is 16.7 Å². The number of hydrogen-bond donors (Lipinski definition) is 2. The molecule has 8 nitrogen and oxygen atoms in total. The van der Waals surface area contributed by atoms with Crippen molar-refractivity contribution in [3.63, 3.8) is 0 Å². The van der Waals surface area contributed by atoms with Crippen LogP contribution in [0.5, 0.6) is 0 Å². The van der Waals surface area contributed by atoms with Crippen LogP contribution in [-0.4, -0.2) is 39.7 Å². The molecule has 2 bridgehead atoms. The predicted molar refractivity (Wildman–Crippen MR) is 108 cm³/mol. The van der Waals surface area contributed by atoms with Gasteiger partial charge in [0, 0.05) is 11.1 Å². The van der Waals surface area contributed by atoms with Gasteiger partial charge in [-0.3, -0.25) is 4.79 Å². The fourth-order valence-electron chi connectivity index (χ4n) is 4.38. The SMILES string of the molecule is CNS(=O)(=O)c1cccc(C(=O)OCC(=O)N/N=C2\CC3CCC2(C)C3(C)C)c1. The number of fused-ring (bicyclic) bond motifs is 2. The van der Waals surface area contributed by atoms with Crippen LogP contribution >= 0.6 is 0 Å². The Labute approximate surface area is 171 Å². The van der Waals surface area contributed by atoms with Crippen molar-refractivity contribution in [2.45, 2.75) is 44.9 Å². The Hall–Kier alpha value is -2.26. The number of hydrazone groups is 1. The summed E-state index contributed by atoms with van der Waals surface area (Å²) in [5.74, 6) is -0.745. The second-order valence-corrected chi connectivity index (χ2v) is 10.3. The molecule has 2 unspecified atom stereocenters. The van der Waals surface area contributed by atoms with Crippen molar-refractivity contribution < 1.29 is 22.7 Å². The molecule has 2 saturated carbocycles. The lowest BCUT2D eigenvalue weighted by Gasteiger charge is -2.34. The quantitative estimate of drug-likeness (QED) is 0.539. The van der Waals surface area contributed by atoms with Gasteiger partial charge >= 0.3 is 5.97 Å². The second-order valence-electron chi connectivity index (χ2n) is 8.40. The van der Waals surface area contributed by atoms with Crippen molar-refractivity contribution in [3.8, 4) is 0 Å². The lowest BCUT2D eigenvalue weighted by atomic mass is 9.70. The molecule has 0 aromatic heterocycles. The number of amides is 1. The summed E-state index contributed by atoms with van der Waals surface area (Å²) in [6, 6.07) is 5.42. The first-order chi connectivity index (χ1) is 13.5. The minimum atomic E-state index is -3.68. The van der Waals surface area contributed by atoms with E-state index in [4.69, 9.17) is 4.74 Å². The molecular weight excluding hydrogens is 394 g/mol. The standard InChI is InChI=1S/C20H27N3O5S/c1-19(2)14-8-9-20(19,3)16(11-14)22-23-17(24)12-28-18(25)13-6-5-7-15(10-13)29(26,27)21-4/h5-7,10,14,21H,8-9,11-12H2,1-4H3,(H,23,24)/b22-16+. The van der Waals surface area contributed by atoms with Crippen molar-refractivity contribution in [1.29, 1.82) is 0 Å². The van der Waals surface area contributed by atoms with E-state index in [1.807, 2.05) is 0 Å². The van der Waals surface area contributed by atoms with Gasteiger partial charge in [-0.25, -0.2) is 23.4 Å². The molecule has 1 aromatic carbocycles. The predicted octanol–water partition coefficient (Wildman–Crippen LogP) is 2.07. The highest BCUT2D eigenvalue weighted by Gasteiger charge is 2.60. The second kappa shape index (κ2) is 7.53. The third-order valence-corrected chi connectivity index (χ3v) is 8.22. The zero-order valence-electron chi connectivity index (χ0n) is 17.1. The largest absolute Gasteiger partial charge is 0.452 e. The first-order valence-corrected chi connectivity index (χ1v) is 11.1. The minimum Gasteiger partial charge on any atom is -0.452 e. The van der Waals surface area contributed by atoms with Gasteiger partial charge in [-0.1, -0.05) is 26.8 Å². The third-order valence-electron chi connectivity index (χ3n) is 6.81. The van der Waals surface area contributed by atoms with E-state index >= 15 is 0 Å². The number of esters is 1. The Morgan fingerprint density at radius 1 is 1.28 bits per heavy atom. The molecule has 0 aliphatic heterocycles. The number of nitrogens with zero attached hydrogens (tertiary/aromatic N) is 1. The molecule has 29 heavy (non-hydrogen) atoms. The van der Waals surface area contributed by atoms with E-state index in [1.54, 1.807) is 0 Å². The maximum Gasteiger partial charge on any atom is 0.338 e. The van der Waals surface area contributed by atoms with Crippen molar-refractivity contribution in [1.82, 2.24) is 10.1 Å². The van der Waals surface area contributed by atoms with Gasteiger partial charge in [0.2, 0.25) is 10.0 Å². The summed E-state index contributed by atoms with van der Waals surface area (Å²) in [5, 5.41) is 4.32. The zero-order valence-corrected chi connectivity index (χ0v) is 17.9. The smallest absolute Gasteiger partial charge is 0.338 e. The number of sulfonamides is 1. The first kappa shape index (κ1) is 21.4. The molecule has 0 radical (unpaired) electrons. The lowest BCUT2D eigenvalue weighted by molar-refractivity contribution is -0.124. The fourth-order valence-corrected chi connectivity index (χ4v) is 5.16. The van der Waals surface area contributed by atoms with Crippen LogP contribution in [0.4, 0.5) is 0 Å². The van der Waals surface area contributed by atoms with Gasteiger partial charge in [-0.05, 0) is 55.8 Å². The molecule has 1 amide bonds. The number of hydrogen-bond acceptors (Lipinski definition) is 6. The molecule has 158 valence electrons. The van der Waals surface area contributed by atoms with Crippen LogP contribution in [0.25, 0.3) is 0 Å². The molecule has 3 rings (SSSR count). The van der Waals surface area contributed by atoms with E-state index in [9.17, 15) is 18.0 Å². The summed E-state index contributed by atoms with van der Waals surface area (Å²) in [6.45, 7) is 6.19. The third kappa shape index (κ3) is 3.81. The van der Waals surface area contributed by atoms with Crippen LogP contribution in [0.1, 0.15) is 50.4 Å². The van der Waals surface area contributed by atoms with Crippen molar-refractivity contribution >= 4 is 27.6 Å². The maximum absolute atomic E-state index is 12.2. The number of carbonyl (C=O) groups excluding carboxylic acids is 2. The first-order valence-electron chi connectivity index (χ1n) is 9.58. The van der Waals surface area contributed by atoms with Crippen LogP contribution in [-0.2, 0) is 19.6 Å². The number of rotatable bonds is 6. The Morgan fingerprint density at radius 2 is 2.00 bits per heavy atom. The highest BCUT2D eigenvalue weighted by molar-refractivity contribution is 7.89. The summed E-state index contributed by atoms with van der Waals surface area (Å²) in [6.07, 6.45) is 3.10. The molecular formula is C20H27N3O5S. The van der Waals surface area contributed by atoms with Gasteiger partial charge < -0.3 is 4.74 Å². The number of nitrogens with one attached hydrogen (secondary N) is 2. The molecule has 0 spiro atoms. The van der Waals surface area contributed by atoms with E-state index in [1.165, 1.54) is 37.7 Å². The summed E-state index contributed by atoms with van der Waals surface area (Å²) in [7, 11) is -2.40. The zero-order chi connectivity index (χ0) is 21.4. The average molecular weight is 422 g/mol. The molecule has 2 fully saturated rings.